The molecule has 9 nitrogen and oxygen atoms in total. The summed E-state index contributed by atoms with van der Waals surface area (Å²) >= 11 is 0. The third kappa shape index (κ3) is 2.05. The summed E-state index contributed by atoms with van der Waals surface area (Å²) in [4.78, 5) is 46.0. The van der Waals surface area contributed by atoms with Gasteiger partial charge in [0, 0.05) is 13.1 Å². The van der Waals surface area contributed by atoms with E-state index < -0.39 is 22.8 Å². The average molecular weight is 278 g/mol. The van der Waals surface area contributed by atoms with Crippen molar-refractivity contribution in [3.63, 3.8) is 0 Å². The fraction of sp³-hybridized carbons (Fsp3) is 0.182. The van der Waals surface area contributed by atoms with Crippen LogP contribution in [0.25, 0.3) is 0 Å². The molecule has 0 unspecified atom stereocenters. The third-order valence-electron chi connectivity index (χ3n) is 2.88. The van der Waals surface area contributed by atoms with E-state index >= 15 is 0 Å². The molecular weight excluding hydrogens is 268 g/mol. The highest BCUT2D eigenvalue weighted by molar-refractivity contribution is 6.44. The molecule has 1 heterocycles. The third-order valence-corrected chi connectivity index (χ3v) is 2.88. The maximum atomic E-state index is 11.7. The molecule has 0 radical (unpaired) electrons. The van der Waals surface area contributed by atoms with E-state index in [1.54, 1.807) is 0 Å². The Morgan fingerprint density at radius 3 is 2.35 bits per heavy atom. The van der Waals surface area contributed by atoms with E-state index in [0.717, 1.165) is 4.90 Å². The summed E-state index contributed by atoms with van der Waals surface area (Å²) in [5.41, 5.74) is 5.59. The topological polar surface area (TPSA) is 127 Å². The Morgan fingerprint density at radius 1 is 1.25 bits per heavy atom. The number of hydrogen-bond acceptors (Lipinski definition) is 6. The van der Waals surface area contributed by atoms with E-state index in [2.05, 4.69) is 0 Å². The van der Waals surface area contributed by atoms with E-state index in [4.69, 9.17) is 5.73 Å². The number of nitro groups is 1. The molecule has 0 saturated carbocycles. The van der Waals surface area contributed by atoms with Crippen LogP contribution in [0.1, 0.15) is 5.56 Å². The number of nitrogens with two attached hydrogens (primary N) is 1. The maximum absolute atomic E-state index is 11.7. The molecule has 1 aliphatic rings. The number of nitrogens with zero attached hydrogens (tertiary/aromatic N) is 3. The second-order valence-electron chi connectivity index (χ2n) is 4.19. The normalized spacial score (nSPS) is 15.2. The van der Waals surface area contributed by atoms with Crippen molar-refractivity contribution < 1.29 is 19.3 Å². The first kappa shape index (κ1) is 13.5. The number of benzene rings is 1. The summed E-state index contributed by atoms with van der Waals surface area (Å²) in [5, 5.41) is 10.6. The van der Waals surface area contributed by atoms with Crippen LogP contribution in [0, 0.1) is 10.1 Å². The second-order valence-corrected chi connectivity index (χ2v) is 4.19. The highest BCUT2D eigenvalue weighted by Gasteiger charge is 2.42. The van der Waals surface area contributed by atoms with Gasteiger partial charge in [0.15, 0.2) is 0 Å². The number of amides is 4. The van der Waals surface area contributed by atoms with Crippen molar-refractivity contribution in [1.29, 1.82) is 0 Å². The molecule has 1 aromatic carbocycles. The number of likely N-dealkylation sites (N-methyl/N-ethyl adjacent to an activating group) is 1. The van der Waals surface area contributed by atoms with Gasteiger partial charge >= 0.3 is 17.8 Å². The van der Waals surface area contributed by atoms with Crippen LogP contribution < -0.4 is 5.73 Å². The van der Waals surface area contributed by atoms with Gasteiger partial charge in [-0.25, -0.2) is 4.79 Å². The zero-order valence-electron chi connectivity index (χ0n) is 10.4. The zero-order valence-corrected chi connectivity index (χ0v) is 10.4. The van der Waals surface area contributed by atoms with Crippen molar-refractivity contribution in [2.75, 3.05) is 12.8 Å². The minimum absolute atomic E-state index is 0.0775. The molecule has 4 amide bonds. The number of nitro benzene ring substituents is 1. The zero-order chi connectivity index (χ0) is 15.0. The Kier molecular flexibility index (Phi) is 3.10. The molecule has 0 aliphatic carbocycles. The molecule has 104 valence electrons. The lowest BCUT2D eigenvalue weighted by Gasteiger charge is -2.13. The highest BCUT2D eigenvalue weighted by Crippen LogP contribution is 2.23. The van der Waals surface area contributed by atoms with Crippen LogP contribution in [0.2, 0.25) is 0 Å². The summed E-state index contributed by atoms with van der Waals surface area (Å²) in [7, 11) is 1.20. The standard InChI is InChI=1S/C11H10N4O5/c1-13-9(16)10(17)14(11(13)18)5-6-2-3-8(15(19)20)7(12)4-6/h2-4H,5,12H2,1H3. The lowest BCUT2D eigenvalue weighted by molar-refractivity contribution is -0.383. The van der Waals surface area contributed by atoms with Gasteiger partial charge in [-0.05, 0) is 11.6 Å². The number of carbonyl (C=O) groups excluding carboxylic acids is 3. The van der Waals surface area contributed by atoms with Gasteiger partial charge < -0.3 is 5.73 Å². The van der Waals surface area contributed by atoms with Crippen LogP contribution in [-0.2, 0) is 16.1 Å². The Hall–Kier alpha value is -2.97. The molecule has 0 bridgehead atoms. The number of carbonyl (C=O) groups is 3. The fourth-order valence-electron chi connectivity index (χ4n) is 1.80. The first-order valence-electron chi connectivity index (χ1n) is 5.49. The molecule has 0 atom stereocenters. The minimum Gasteiger partial charge on any atom is -0.393 e. The molecule has 0 aromatic heterocycles. The summed E-state index contributed by atoms with van der Waals surface area (Å²) in [6.45, 7) is -0.171. The van der Waals surface area contributed by atoms with Gasteiger partial charge in [0.1, 0.15) is 5.69 Å². The SMILES string of the molecule is CN1C(=O)C(=O)N(Cc2ccc([N+](=O)[O-])c(N)c2)C1=O. The van der Waals surface area contributed by atoms with Crippen LogP contribution in [0.15, 0.2) is 18.2 Å². The van der Waals surface area contributed by atoms with Crippen molar-refractivity contribution in [1.82, 2.24) is 9.80 Å². The lowest BCUT2D eigenvalue weighted by atomic mass is 10.1. The quantitative estimate of drug-likeness (QED) is 0.274. The number of nitrogen functional groups attached to an aromatic ring is 1. The largest absolute Gasteiger partial charge is 0.393 e. The Morgan fingerprint density at radius 2 is 1.90 bits per heavy atom. The Bertz CT molecular complexity index is 642. The van der Waals surface area contributed by atoms with Crippen molar-refractivity contribution in [2.24, 2.45) is 0 Å². The molecule has 1 aliphatic heterocycles. The number of hydrogen-bond donors (Lipinski definition) is 1. The first-order valence-corrected chi connectivity index (χ1v) is 5.49. The van der Waals surface area contributed by atoms with E-state index in [9.17, 15) is 24.5 Å². The van der Waals surface area contributed by atoms with E-state index in [0.29, 0.717) is 10.5 Å². The number of rotatable bonds is 3. The van der Waals surface area contributed by atoms with Gasteiger partial charge in [-0.3, -0.25) is 29.5 Å². The Labute approximate surface area is 112 Å². The molecule has 1 saturated heterocycles. The fourth-order valence-corrected chi connectivity index (χ4v) is 1.80. The van der Waals surface area contributed by atoms with Gasteiger partial charge in [-0.2, -0.15) is 0 Å². The van der Waals surface area contributed by atoms with E-state index in [-0.39, 0.29) is 17.9 Å². The van der Waals surface area contributed by atoms with Gasteiger partial charge in [0.25, 0.3) is 5.69 Å². The van der Waals surface area contributed by atoms with Gasteiger partial charge in [0.2, 0.25) is 0 Å². The van der Waals surface area contributed by atoms with Gasteiger partial charge in [-0.1, -0.05) is 6.07 Å². The van der Waals surface area contributed by atoms with Gasteiger partial charge in [-0.15, -0.1) is 0 Å². The molecule has 1 aromatic rings. The lowest BCUT2D eigenvalue weighted by Crippen LogP contribution is -2.31. The number of imide groups is 2. The molecule has 9 heteroatoms. The van der Waals surface area contributed by atoms with Crippen molar-refractivity contribution in [3.8, 4) is 0 Å². The average Bonchev–Trinajstić information content (AvgIpc) is 2.56. The van der Waals surface area contributed by atoms with Crippen molar-refractivity contribution >= 4 is 29.2 Å². The molecule has 2 rings (SSSR count). The van der Waals surface area contributed by atoms with Crippen molar-refractivity contribution in [3.05, 3.63) is 33.9 Å². The number of anilines is 1. The summed E-state index contributed by atoms with van der Waals surface area (Å²) < 4.78 is 0. The van der Waals surface area contributed by atoms with E-state index in [1.165, 1.54) is 25.2 Å². The van der Waals surface area contributed by atoms with Gasteiger partial charge in [0.05, 0.1) is 11.5 Å². The van der Waals surface area contributed by atoms with E-state index in [1.807, 2.05) is 0 Å². The van der Waals surface area contributed by atoms with Crippen LogP contribution in [0.5, 0.6) is 0 Å². The van der Waals surface area contributed by atoms with Crippen molar-refractivity contribution in [2.45, 2.75) is 6.54 Å². The number of urea groups is 1. The predicted octanol–water partition coefficient (Wildman–Crippen LogP) is 0.0976. The minimum atomic E-state index is -0.936. The van der Waals surface area contributed by atoms with Crippen LogP contribution >= 0.6 is 0 Å². The highest BCUT2D eigenvalue weighted by atomic mass is 16.6. The summed E-state index contributed by atoms with van der Waals surface area (Å²) in [5.74, 6) is -1.85. The van der Waals surface area contributed by atoms with Crippen LogP contribution in [0.3, 0.4) is 0 Å². The smallest absolute Gasteiger partial charge is 0.334 e. The molecule has 2 N–H and O–H groups in total. The molecule has 20 heavy (non-hydrogen) atoms. The predicted molar refractivity (Wildman–Crippen MR) is 66.2 cm³/mol. The maximum Gasteiger partial charge on any atom is 0.334 e. The van der Waals surface area contributed by atoms with Crippen LogP contribution in [-0.4, -0.2) is 39.6 Å². The second kappa shape index (κ2) is 4.61. The molecule has 0 spiro atoms. The summed E-state index contributed by atoms with van der Waals surface area (Å²) in [6.07, 6.45) is 0. The molecular formula is C11H10N4O5. The summed E-state index contributed by atoms with van der Waals surface area (Å²) in [6, 6.07) is 3.11. The Balaban J connectivity index is 2.25. The monoisotopic (exact) mass is 278 g/mol. The molecule has 1 fully saturated rings. The van der Waals surface area contributed by atoms with Crippen LogP contribution in [0.4, 0.5) is 16.2 Å². The first-order chi connectivity index (χ1) is 9.32.